The van der Waals surface area contributed by atoms with Crippen molar-refractivity contribution in [1.82, 2.24) is 9.78 Å². The van der Waals surface area contributed by atoms with Gasteiger partial charge in [0.25, 0.3) is 0 Å². The summed E-state index contributed by atoms with van der Waals surface area (Å²) in [6.07, 6.45) is 5.26. The summed E-state index contributed by atoms with van der Waals surface area (Å²) in [5.41, 5.74) is 1.03. The molecule has 3 nitrogen and oxygen atoms in total. The molecule has 2 atom stereocenters. The third-order valence-corrected chi connectivity index (χ3v) is 2.73. The number of hydrogen-bond acceptors (Lipinski definition) is 2. The largest absolute Gasteiger partial charge is 0.268 e. The fourth-order valence-corrected chi connectivity index (χ4v) is 2.03. The molecule has 1 aromatic heterocycles. The predicted molar refractivity (Wildman–Crippen MR) is 49.0 cm³/mol. The van der Waals surface area contributed by atoms with Gasteiger partial charge in [-0.25, -0.2) is 0 Å². The summed E-state index contributed by atoms with van der Waals surface area (Å²) in [5, 5.41) is 13.3. The van der Waals surface area contributed by atoms with Crippen molar-refractivity contribution in [3.8, 4) is 6.07 Å². The molecule has 2 unspecified atom stereocenters. The minimum absolute atomic E-state index is 0.166. The summed E-state index contributed by atoms with van der Waals surface area (Å²) in [4.78, 5) is 0. The summed E-state index contributed by atoms with van der Waals surface area (Å²) in [6.45, 7) is 1.98. The van der Waals surface area contributed by atoms with Crippen molar-refractivity contribution in [3.63, 3.8) is 0 Å². The van der Waals surface area contributed by atoms with Crippen molar-refractivity contribution in [2.75, 3.05) is 0 Å². The van der Waals surface area contributed by atoms with Gasteiger partial charge in [-0.3, -0.25) is 4.68 Å². The molecule has 2 rings (SSSR count). The van der Waals surface area contributed by atoms with E-state index in [0.717, 1.165) is 25.0 Å². The summed E-state index contributed by atoms with van der Waals surface area (Å²) < 4.78 is 1.95. The molecule has 1 fully saturated rings. The van der Waals surface area contributed by atoms with Gasteiger partial charge in [-0.15, -0.1) is 0 Å². The van der Waals surface area contributed by atoms with Crippen LogP contribution in [0, 0.1) is 24.2 Å². The van der Waals surface area contributed by atoms with Crippen molar-refractivity contribution in [3.05, 3.63) is 18.0 Å². The van der Waals surface area contributed by atoms with E-state index in [0.29, 0.717) is 6.04 Å². The van der Waals surface area contributed by atoms with Crippen LogP contribution in [0.2, 0.25) is 0 Å². The molecule has 0 N–H and O–H groups in total. The van der Waals surface area contributed by atoms with Crippen LogP contribution in [0.25, 0.3) is 0 Å². The molecule has 0 spiro atoms. The number of hydrogen-bond donors (Lipinski definition) is 0. The number of nitriles is 1. The number of aromatic nitrogens is 2. The zero-order valence-electron chi connectivity index (χ0n) is 7.77. The van der Waals surface area contributed by atoms with Crippen LogP contribution in [0.15, 0.2) is 12.3 Å². The fourth-order valence-electron chi connectivity index (χ4n) is 2.03. The molecule has 0 saturated heterocycles. The minimum atomic E-state index is 0.166. The van der Waals surface area contributed by atoms with Gasteiger partial charge in [0.2, 0.25) is 0 Å². The molecule has 1 aliphatic carbocycles. The second-order valence-electron chi connectivity index (χ2n) is 3.67. The summed E-state index contributed by atoms with van der Waals surface area (Å²) in [7, 11) is 0. The smallest absolute Gasteiger partial charge is 0.0687 e. The lowest BCUT2D eigenvalue weighted by Gasteiger charge is -2.13. The Labute approximate surface area is 78.0 Å². The first-order valence-electron chi connectivity index (χ1n) is 4.72. The van der Waals surface area contributed by atoms with Crippen LogP contribution in [0.5, 0.6) is 0 Å². The van der Waals surface area contributed by atoms with Crippen molar-refractivity contribution in [2.24, 2.45) is 5.92 Å². The van der Waals surface area contributed by atoms with Crippen molar-refractivity contribution >= 4 is 0 Å². The lowest BCUT2D eigenvalue weighted by molar-refractivity contribution is 0.408. The number of aryl methyl sites for hydroxylation is 1. The highest BCUT2D eigenvalue weighted by Crippen LogP contribution is 2.34. The molecular weight excluding hydrogens is 162 g/mol. The van der Waals surface area contributed by atoms with Gasteiger partial charge < -0.3 is 0 Å². The van der Waals surface area contributed by atoms with Gasteiger partial charge in [-0.1, -0.05) is 0 Å². The molecular formula is C10H13N3. The van der Waals surface area contributed by atoms with E-state index in [4.69, 9.17) is 5.26 Å². The highest BCUT2D eigenvalue weighted by Gasteiger charge is 2.28. The second-order valence-corrected chi connectivity index (χ2v) is 3.67. The van der Waals surface area contributed by atoms with E-state index in [1.165, 1.54) is 0 Å². The quantitative estimate of drug-likeness (QED) is 0.655. The van der Waals surface area contributed by atoms with E-state index >= 15 is 0 Å². The first-order valence-corrected chi connectivity index (χ1v) is 4.72. The molecule has 3 heteroatoms. The van der Waals surface area contributed by atoms with E-state index in [-0.39, 0.29) is 5.92 Å². The van der Waals surface area contributed by atoms with E-state index < -0.39 is 0 Å². The van der Waals surface area contributed by atoms with Crippen LogP contribution >= 0.6 is 0 Å². The molecule has 0 aromatic carbocycles. The van der Waals surface area contributed by atoms with Crippen LogP contribution in [-0.4, -0.2) is 9.78 Å². The highest BCUT2D eigenvalue weighted by molar-refractivity contribution is 5.01. The molecule has 68 valence electrons. The molecule has 1 aromatic rings. The molecule has 0 amide bonds. The predicted octanol–water partition coefficient (Wildman–Crippen LogP) is 2.06. The Hall–Kier alpha value is -1.30. The van der Waals surface area contributed by atoms with Gasteiger partial charge in [-0.05, 0) is 32.3 Å². The Morgan fingerprint density at radius 2 is 2.46 bits per heavy atom. The molecule has 13 heavy (non-hydrogen) atoms. The van der Waals surface area contributed by atoms with Gasteiger partial charge >= 0.3 is 0 Å². The maximum absolute atomic E-state index is 8.91. The van der Waals surface area contributed by atoms with E-state index in [1.54, 1.807) is 0 Å². The zero-order chi connectivity index (χ0) is 9.26. The Morgan fingerprint density at radius 3 is 3.08 bits per heavy atom. The second kappa shape index (κ2) is 3.21. The third kappa shape index (κ3) is 1.44. The Bertz CT molecular complexity index is 334. The standard InChI is InChI=1S/C10H13N3/c1-8-5-6-13(12-8)10-4-2-3-9(10)7-11/h5-6,9-10H,2-4H2,1H3. The van der Waals surface area contributed by atoms with Crippen molar-refractivity contribution < 1.29 is 0 Å². The SMILES string of the molecule is Cc1ccn(C2CCCC2C#N)n1. The van der Waals surface area contributed by atoms with Gasteiger partial charge in [0.1, 0.15) is 0 Å². The summed E-state index contributed by atoms with van der Waals surface area (Å²) >= 11 is 0. The van der Waals surface area contributed by atoms with Crippen molar-refractivity contribution in [2.45, 2.75) is 32.2 Å². The molecule has 0 bridgehead atoms. The Kier molecular flexibility index (Phi) is 2.05. The van der Waals surface area contributed by atoms with Gasteiger partial charge in [-0.2, -0.15) is 10.4 Å². The van der Waals surface area contributed by atoms with Crippen LogP contribution in [0.4, 0.5) is 0 Å². The fraction of sp³-hybridized carbons (Fsp3) is 0.600. The Balaban J connectivity index is 2.21. The summed E-state index contributed by atoms with van der Waals surface area (Å²) in [5.74, 6) is 0.166. The van der Waals surface area contributed by atoms with Gasteiger partial charge in [0.05, 0.1) is 23.7 Å². The van der Waals surface area contributed by atoms with E-state index in [1.807, 2.05) is 23.9 Å². The lowest BCUT2D eigenvalue weighted by atomic mass is 10.1. The number of rotatable bonds is 1. The van der Waals surface area contributed by atoms with Crippen LogP contribution in [-0.2, 0) is 0 Å². The average molecular weight is 175 g/mol. The normalized spacial score (nSPS) is 27.4. The monoisotopic (exact) mass is 175 g/mol. The summed E-state index contributed by atoms with van der Waals surface area (Å²) in [6, 6.07) is 4.67. The first kappa shape index (κ1) is 8.31. The van der Waals surface area contributed by atoms with Gasteiger partial charge in [0.15, 0.2) is 0 Å². The maximum Gasteiger partial charge on any atom is 0.0687 e. The van der Waals surface area contributed by atoms with Crippen LogP contribution in [0.3, 0.4) is 0 Å². The molecule has 0 radical (unpaired) electrons. The average Bonchev–Trinajstić information content (AvgIpc) is 2.71. The molecule has 1 saturated carbocycles. The van der Waals surface area contributed by atoms with Gasteiger partial charge in [0, 0.05) is 6.20 Å². The topological polar surface area (TPSA) is 41.6 Å². The number of nitrogens with zero attached hydrogens (tertiary/aromatic N) is 3. The third-order valence-electron chi connectivity index (χ3n) is 2.73. The minimum Gasteiger partial charge on any atom is -0.268 e. The maximum atomic E-state index is 8.91. The van der Waals surface area contributed by atoms with E-state index in [9.17, 15) is 0 Å². The molecule has 1 heterocycles. The van der Waals surface area contributed by atoms with Crippen LogP contribution < -0.4 is 0 Å². The van der Waals surface area contributed by atoms with Crippen molar-refractivity contribution in [1.29, 1.82) is 5.26 Å². The first-order chi connectivity index (χ1) is 6.31. The van der Waals surface area contributed by atoms with E-state index in [2.05, 4.69) is 11.2 Å². The molecule has 0 aliphatic heterocycles. The molecule has 1 aliphatic rings. The lowest BCUT2D eigenvalue weighted by Crippen LogP contribution is -2.13. The highest BCUT2D eigenvalue weighted by atomic mass is 15.3. The van der Waals surface area contributed by atoms with Crippen LogP contribution in [0.1, 0.15) is 31.0 Å². The Morgan fingerprint density at radius 1 is 1.62 bits per heavy atom. The zero-order valence-corrected chi connectivity index (χ0v) is 7.77.